The Morgan fingerprint density at radius 1 is 1.21 bits per heavy atom. The predicted molar refractivity (Wildman–Crippen MR) is 103 cm³/mol. The van der Waals surface area contributed by atoms with E-state index < -0.39 is 24.5 Å². The second kappa shape index (κ2) is 8.88. The fraction of sp³-hybridized carbons (Fsp3) is 0.368. The van der Waals surface area contributed by atoms with E-state index in [9.17, 15) is 14.4 Å². The van der Waals surface area contributed by atoms with Crippen LogP contribution in [-0.4, -0.2) is 40.3 Å². The number of rotatable bonds is 5. The van der Waals surface area contributed by atoms with Gasteiger partial charge in [0.15, 0.2) is 6.61 Å². The summed E-state index contributed by atoms with van der Waals surface area (Å²) in [6.07, 6.45) is 3.93. The standard InChI is InChI=1S/C19H21ClN4O4/c1-12-16(17(20)24(23-12)14-9-3-2-4-10-14)18(26)28-11-15(25)22-19(27)21-13-7-5-6-8-13/h2-4,9-10,13H,5-8,11H2,1H3,(H2,21,22,25,27). The molecule has 0 aliphatic heterocycles. The van der Waals surface area contributed by atoms with Crippen molar-refractivity contribution in [1.82, 2.24) is 20.4 Å². The van der Waals surface area contributed by atoms with Crippen molar-refractivity contribution in [1.29, 1.82) is 0 Å². The molecule has 0 radical (unpaired) electrons. The quantitative estimate of drug-likeness (QED) is 0.746. The monoisotopic (exact) mass is 404 g/mol. The third kappa shape index (κ3) is 4.69. The zero-order valence-corrected chi connectivity index (χ0v) is 16.2. The Morgan fingerprint density at radius 2 is 1.89 bits per heavy atom. The number of esters is 1. The number of ether oxygens (including phenoxy) is 1. The van der Waals surface area contributed by atoms with Gasteiger partial charge in [0.25, 0.3) is 5.91 Å². The summed E-state index contributed by atoms with van der Waals surface area (Å²) in [4.78, 5) is 36.0. The molecule has 28 heavy (non-hydrogen) atoms. The molecule has 1 aromatic carbocycles. The van der Waals surface area contributed by atoms with Crippen LogP contribution in [0.1, 0.15) is 41.7 Å². The molecule has 1 aliphatic rings. The zero-order chi connectivity index (χ0) is 20.1. The molecular weight excluding hydrogens is 384 g/mol. The van der Waals surface area contributed by atoms with Crippen molar-refractivity contribution in [3.63, 3.8) is 0 Å². The van der Waals surface area contributed by atoms with Crippen LogP contribution in [0.15, 0.2) is 30.3 Å². The number of para-hydroxylation sites is 1. The lowest BCUT2D eigenvalue weighted by Crippen LogP contribution is -2.45. The van der Waals surface area contributed by atoms with Gasteiger partial charge in [-0.15, -0.1) is 0 Å². The van der Waals surface area contributed by atoms with Gasteiger partial charge < -0.3 is 10.1 Å². The molecule has 1 heterocycles. The van der Waals surface area contributed by atoms with Crippen molar-refractivity contribution < 1.29 is 19.1 Å². The Kier molecular flexibility index (Phi) is 6.30. The number of nitrogens with zero attached hydrogens (tertiary/aromatic N) is 2. The van der Waals surface area contributed by atoms with Crippen LogP contribution < -0.4 is 10.6 Å². The summed E-state index contributed by atoms with van der Waals surface area (Å²) in [6.45, 7) is 1.03. The minimum absolute atomic E-state index is 0.0775. The van der Waals surface area contributed by atoms with Crippen LogP contribution in [0.2, 0.25) is 5.15 Å². The third-order valence-electron chi connectivity index (χ3n) is 4.49. The largest absolute Gasteiger partial charge is 0.452 e. The molecule has 0 saturated heterocycles. The number of imide groups is 1. The van der Waals surface area contributed by atoms with Crippen molar-refractivity contribution in [2.45, 2.75) is 38.6 Å². The second-order valence-corrected chi connectivity index (χ2v) is 6.94. The molecule has 148 valence electrons. The first-order valence-corrected chi connectivity index (χ1v) is 9.41. The maximum absolute atomic E-state index is 12.4. The number of hydrogen-bond acceptors (Lipinski definition) is 5. The zero-order valence-electron chi connectivity index (χ0n) is 15.4. The van der Waals surface area contributed by atoms with Crippen molar-refractivity contribution in [2.75, 3.05) is 6.61 Å². The lowest BCUT2D eigenvalue weighted by molar-refractivity contribution is -0.123. The van der Waals surface area contributed by atoms with E-state index in [0.717, 1.165) is 25.7 Å². The van der Waals surface area contributed by atoms with E-state index in [1.165, 1.54) is 4.68 Å². The molecule has 8 nitrogen and oxygen atoms in total. The number of nitrogens with one attached hydrogen (secondary N) is 2. The summed E-state index contributed by atoms with van der Waals surface area (Å²) in [5, 5.41) is 9.22. The highest BCUT2D eigenvalue weighted by atomic mass is 35.5. The summed E-state index contributed by atoms with van der Waals surface area (Å²) < 4.78 is 6.42. The number of aryl methyl sites for hydroxylation is 1. The summed E-state index contributed by atoms with van der Waals surface area (Å²) in [7, 11) is 0. The van der Waals surface area contributed by atoms with E-state index in [0.29, 0.717) is 11.4 Å². The van der Waals surface area contributed by atoms with Crippen LogP contribution in [0.25, 0.3) is 5.69 Å². The number of benzene rings is 1. The van der Waals surface area contributed by atoms with Gasteiger partial charge in [0.1, 0.15) is 10.7 Å². The molecule has 1 aliphatic carbocycles. The van der Waals surface area contributed by atoms with Crippen LogP contribution >= 0.6 is 11.6 Å². The Hall–Kier alpha value is -2.87. The summed E-state index contributed by atoms with van der Waals surface area (Å²) in [6, 6.07) is 8.58. The molecule has 0 bridgehead atoms. The number of halogens is 1. The lowest BCUT2D eigenvalue weighted by atomic mass is 10.2. The van der Waals surface area contributed by atoms with Gasteiger partial charge in [-0.1, -0.05) is 42.6 Å². The molecule has 3 amide bonds. The number of aromatic nitrogens is 2. The van der Waals surface area contributed by atoms with E-state index in [4.69, 9.17) is 16.3 Å². The molecule has 1 saturated carbocycles. The van der Waals surface area contributed by atoms with E-state index >= 15 is 0 Å². The highest BCUT2D eigenvalue weighted by Gasteiger charge is 2.24. The van der Waals surface area contributed by atoms with Crippen molar-refractivity contribution >= 4 is 29.5 Å². The second-order valence-electron chi connectivity index (χ2n) is 6.58. The number of carbonyl (C=O) groups excluding carboxylic acids is 3. The van der Waals surface area contributed by atoms with Crippen LogP contribution in [0.3, 0.4) is 0 Å². The lowest BCUT2D eigenvalue weighted by Gasteiger charge is -2.12. The summed E-state index contributed by atoms with van der Waals surface area (Å²) >= 11 is 6.29. The Morgan fingerprint density at radius 3 is 2.57 bits per heavy atom. The molecule has 0 atom stereocenters. The van der Waals surface area contributed by atoms with Gasteiger partial charge in [0.05, 0.1) is 11.4 Å². The van der Waals surface area contributed by atoms with E-state index in [1.54, 1.807) is 19.1 Å². The van der Waals surface area contributed by atoms with Crippen LogP contribution in [0, 0.1) is 6.92 Å². The Labute approximate surface area is 167 Å². The molecule has 3 rings (SSSR count). The van der Waals surface area contributed by atoms with E-state index in [2.05, 4.69) is 15.7 Å². The summed E-state index contributed by atoms with van der Waals surface area (Å²) in [5.41, 5.74) is 1.14. The van der Waals surface area contributed by atoms with Gasteiger partial charge >= 0.3 is 12.0 Å². The highest BCUT2D eigenvalue weighted by Crippen LogP contribution is 2.24. The molecule has 2 aromatic rings. The number of hydrogen-bond donors (Lipinski definition) is 2. The molecule has 9 heteroatoms. The van der Waals surface area contributed by atoms with Gasteiger partial charge in [-0.05, 0) is 31.9 Å². The van der Waals surface area contributed by atoms with Crippen molar-refractivity contribution in [3.05, 3.63) is 46.7 Å². The molecular formula is C19H21ClN4O4. The molecule has 2 N–H and O–H groups in total. The fourth-order valence-corrected chi connectivity index (χ4v) is 3.48. The Bertz CT molecular complexity index is 876. The SMILES string of the molecule is Cc1nn(-c2ccccc2)c(Cl)c1C(=O)OCC(=O)NC(=O)NC1CCCC1. The van der Waals surface area contributed by atoms with Gasteiger partial charge in [-0.3, -0.25) is 10.1 Å². The molecule has 0 spiro atoms. The normalized spacial score (nSPS) is 13.9. The number of carbonyl (C=O) groups is 3. The van der Waals surface area contributed by atoms with Gasteiger partial charge in [-0.2, -0.15) is 5.10 Å². The Balaban J connectivity index is 1.57. The third-order valence-corrected chi connectivity index (χ3v) is 4.84. The average Bonchev–Trinajstić information content (AvgIpc) is 3.28. The smallest absolute Gasteiger partial charge is 0.343 e. The van der Waals surface area contributed by atoms with Gasteiger partial charge in [-0.25, -0.2) is 14.3 Å². The average molecular weight is 405 g/mol. The molecule has 1 fully saturated rings. The van der Waals surface area contributed by atoms with Crippen LogP contribution in [0.4, 0.5) is 4.79 Å². The van der Waals surface area contributed by atoms with Gasteiger partial charge in [0.2, 0.25) is 0 Å². The minimum atomic E-state index is -0.781. The van der Waals surface area contributed by atoms with Crippen molar-refractivity contribution in [2.24, 2.45) is 0 Å². The first-order valence-electron chi connectivity index (χ1n) is 9.03. The van der Waals surface area contributed by atoms with Gasteiger partial charge in [0, 0.05) is 6.04 Å². The fourth-order valence-electron chi connectivity index (χ4n) is 3.13. The van der Waals surface area contributed by atoms with Crippen LogP contribution in [0.5, 0.6) is 0 Å². The number of amides is 3. The maximum atomic E-state index is 12.4. The summed E-state index contributed by atoms with van der Waals surface area (Å²) in [5.74, 6) is -1.50. The topological polar surface area (TPSA) is 102 Å². The maximum Gasteiger partial charge on any atom is 0.343 e. The molecule has 1 aromatic heterocycles. The molecule has 0 unspecified atom stereocenters. The highest BCUT2D eigenvalue weighted by molar-refractivity contribution is 6.33. The first kappa shape index (κ1) is 19.9. The van der Waals surface area contributed by atoms with E-state index in [-0.39, 0.29) is 16.8 Å². The first-order chi connectivity index (χ1) is 13.5. The predicted octanol–water partition coefficient (Wildman–Crippen LogP) is 2.76. The van der Waals surface area contributed by atoms with E-state index in [1.807, 2.05) is 18.2 Å². The van der Waals surface area contributed by atoms with Crippen molar-refractivity contribution in [3.8, 4) is 5.69 Å². The minimum Gasteiger partial charge on any atom is -0.452 e. The van der Waals surface area contributed by atoms with Crippen LogP contribution in [-0.2, 0) is 9.53 Å². The number of urea groups is 1.